The summed E-state index contributed by atoms with van der Waals surface area (Å²) in [4.78, 5) is 26.1. The van der Waals surface area contributed by atoms with Gasteiger partial charge in [0.1, 0.15) is 5.82 Å². The first-order valence-corrected chi connectivity index (χ1v) is 5.54. The lowest BCUT2D eigenvalue weighted by molar-refractivity contribution is -0.119. The monoisotopic (exact) mass is 252 g/mol. The first kappa shape index (κ1) is 13.8. The van der Waals surface area contributed by atoms with Gasteiger partial charge in [0.25, 0.3) is 0 Å². The van der Waals surface area contributed by atoms with Crippen LogP contribution >= 0.6 is 0 Å². The summed E-state index contributed by atoms with van der Waals surface area (Å²) in [6.45, 7) is 2.54. The number of hydrogen-bond acceptors (Lipinski definition) is 5. The van der Waals surface area contributed by atoms with Gasteiger partial charge in [-0.3, -0.25) is 4.79 Å². The van der Waals surface area contributed by atoms with Crippen molar-refractivity contribution in [3.63, 3.8) is 0 Å². The smallest absolute Gasteiger partial charge is 0.337 e. The Kier molecular flexibility index (Phi) is 4.91. The largest absolute Gasteiger partial charge is 0.478 e. The summed E-state index contributed by atoms with van der Waals surface area (Å²) in [6.07, 6.45) is 2.17. The van der Waals surface area contributed by atoms with Crippen molar-refractivity contribution in [2.75, 3.05) is 24.1 Å². The molecule has 0 saturated heterocycles. The highest BCUT2D eigenvalue weighted by atomic mass is 16.4. The molecule has 18 heavy (non-hydrogen) atoms. The van der Waals surface area contributed by atoms with Gasteiger partial charge in [0.05, 0.1) is 17.8 Å². The molecule has 0 spiro atoms. The Hall–Kier alpha value is -2.31. The van der Waals surface area contributed by atoms with Crippen LogP contribution in [0, 0.1) is 0 Å². The van der Waals surface area contributed by atoms with Crippen LogP contribution in [0.2, 0.25) is 0 Å². The van der Waals surface area contributed by atoms with E-state index < -0.39 is 5.97 Å². The van der Waals surface area contributed by atoms with Gasteiger partial charge in [-0.15, -0.1) is 0 Å². The maximum Gasteiger partial charge on any atom is 0.337 e. The molecule has 1 heterocycles. The third kappa shape index (κ3) is 3.62. The second-order valence-electron chi connectivity index (χ2n) is 3.63. The number of carbonyl (C=O) groups excluding carboxylic acids is 1. The number of rotatable bonds is 6. The molecule has 0 aliphatic rings. The summed E-state index contributed by atoms with van der Waals surface area (Å²) in [6, 6.07) is 1.31. The standard InChI is InChI=1S/C11H16N4O3/c1-2-4-13-8(16)6-15-10-9(12)7(11(17)18)3-5-14-10/h3,5H,2,4,6,12H2,1H3,(H,13,16)(H,14,15)(H,17,18). The summed E-state index contributed by atoms with van der Waals surface area (Å²) >= 11 is 0. The summed E-state index contributed by atoms with van der Waals surface area (Å²) in [5.41, 5.74) is 5.61. The Labute approximate surface area is 104 Å². The lowest BCUT2D eigenvalue weighted by Gasteiger charge is -2.09. The van der Waals surface area contributed by atoms with E-state index in [1.807, 2.05) is 6.92 Å². The van der Waals surface area contributed by atoms with Crippen LogP contribution in [0.4, 0.5) is 11.5 Å². The summed E-state index contributed by atoms with van der Waals surface area (Å²) in [5, 5.41) is 14.2. The minimum Gasteiger partial charge on any atom is -0.478 e. The van der Waals surface area contributed by atoms with Crippen molar-refractivity contribution in [1.82, 2.24) is 10.3 Å². The Balaban J connectivity index is 2.65. The molecule has 0 aliphatic carbocycles. The first-order valence-electron chi connectivity index (χ1n) is 5.54. The summed E-state index contributed by atoms with van der Waals surface area (Å²) in [5.74, 6) is -1.13. The molecule has 0 aromatic carbocycles. The van der Waals surface area contributed by atoms with E-state index in [9.17, 15) is 9.59 Å². The van der Waals surface area contributed by atoms with Crippen molar-refractivity contribution in [2.24, 2.45) is 0 Å². The minimum atomic E-state index is -1.13. The van der Waals surface area contributed by atoms with Gasteiger partial charge in [-0.1, -0.05) is 6.92 Å². The molecule has 1 amide bonds. The van der Waals surface area contributed by atoms with Crippen LogP contribution in [0.5, 0.6) is 0 Å². The molecule has 7 nitrogen and oxygen atoms in total. The molecule has 0 radical (unpaired) electrons. The van der Waals surface area contributed by atoms with Crippen LogP contribution in [-0.4, -0.2) is 35.1 Å². The maximum atomic E-state index is 11.3. The van der Waals surface area contributed by atoms with Crippen molar-refractivity contribution < 1.29 is 14.7 Å². The van der Waals surface area contributed by atoms with Gasteiger partial charge in [0.2, 0.25) is 5.91 Å². The number of nitrogens with one attached hydrogen (secondary N) is 2. The van der Waals surface area contributed by atoms with Gasteiger partial charge in [0, 0.05) is 12.7 Å². The van der Waals surface area contributed by atoms with Gasteiger partial charge in [-0.05, 0) is 12.5 Å². The van der Waals surface area contributed by atoms with Crippen molar-refractivity contribution in [1.29, 1.82) is 0 Å². The molecule has 0 bridgehead atoms. The average Bonchev–Trinajstić information content (AvgIpc) is 2.34. The van der Waals surface area contributed by atoms with Crippen molar-refractivity contribution in [3.05, 3.63) is 17.8 Å². The maximum absolute atomic E-state index is 11.3. The zero-order valence-corrected chi connectivity index (χ0v) is 10.1. The van der Waals surface area contributed by atoms with E-state index >= 15 is 0 Å². The quantitative estimate of drug-likeness (QED) is 0.578. The Morgan fingerprint density at radius 3 is 2.83 bits per heavy atom. The van der Waals surface area contributed by atoms with Gasteiger partial charge in [-0.2, -0.15) is 0 Å². The number of aromatic nitrogens is 1. The molecule has 1 rings (SSSR count). The van der Waals surface area contributed by atoms with E-state index in [1.165, 1.54) is 12.3 Å². The predicted molar refractivity (Wildman–Crippen MR) is 67.4 cm³/mol. The Morgan fingerprint density at radius 2 is 2.22 bits per heavy atom. The normalized spacial score (nSPS) is 9.83. The predicted octanol–water partition coefficient (Wildman–Crippen LogP) is 0.300. The van der Waals surface area contributed by atoms with Gasteiger partial charge in [0.15, 0.2) is 0 Å². The number of carboxylic acids is 1. The number of pyridine rings is 1. The van der Waals surface area contributed by atoms with Crippen LogP contribution in [0.25, 0.3) is 0 Å². The van der Waals surface area contributed by atoms with Gasteiger partial charge >= 0.3 is 5.97 Å². The zero-order valence-electron chi connectivity index (χ0n) is 10.1. The number of anilines is 2. The van der Waals surface area contributed by atoms with E-state index in [0.29, 0.717) is 6.54 Å². The van der Waals surface area contributed by atoms with E-state index in [4.69, 9.17) is 10.8 Å². The molecule has 1 aromatic rings. The summed E-state index contributed by atoms with van der Waals surface area (Å²) < 4.78 is 0. The van der Waals surface area contributed by atoms with Gasteiger partial charge < -0.3 is 21.5 Å². The van der Waals surface area contributed by atoms with Crippen molar-refractivity contribution >= 4 is 23.4 Å². The number of nitrogens with zero attached hydrogens (tertiary/aromatic N) is 1. The van der Waals surface area contributed by atoms with Crippen LogP contribution in [0.15, 0.2) is 12.3 Å². The fourth-order valence-corrected chi connectivity index (χ4v) is 1.29. The SMILES string of the molecule is CCCNC(=O)CNc1nccc(C(=O)O)c1N. The molecule has 0 fully saturated rings. The van der Waals surface area contributed by atoms with Crippen LogP contribution in [0.1, 0.15) is 23.7 Å². The molecule has 7 heteroatoms. The van der Waals surface area contributed by atoms with E-state index in [2.05, 4.69) is 15.6 Å². The fourth-order valence-electron chi connectivity index (χ4n) is 1.29. The number of carboxylic acid groups (broad SMARTS) is 1. The molecular formula is C11H16N4O3. The van der Waals surface area contributed by atoms with E-state index in [0.717, 1.165) is 6.42 Å². The van der Waals surface area contributed by atoms with Crippen LogP contribution in [0.3, 0.4) is 0 Å². The first-order chi connectivity index (χ1) is 8.56. The molecule has 0 saturated carbocycles. The Bertz CT molecular complexity index is 448. The van der Waals surface area contributed by atoms with E-state index in [-0.39, 0.29) is 29.5 Å². The molecule has 0 unspecified atom stereocenters. The number of nitrogens with two attached hydrogens (primary N) is 1. The zero-order chi connectivity index (χ0) is 13.5. The second kappa shape index (κ2) is 6.43. The highest BCUT2D eigenvalue weighted by Gasteiger charge is 2.12. The van der Waals surface area contributed by atoms with Crippen molar-refractivity contribution in [3.8, 4) is 0 Å². The molecule has 0 atom stereocenters. The van der Waals surface area contributed by atoms with E-state index in [1.54, 1.807) is 0 Å². The average molecular weight is 252 g/mol. The fraction of sp³-hybridized carbons (Fsp3) is 0.364. The number of hydrogen-bond donors (Lipinski definition) is 4. The third-order valence-electron chi connectivity index (χ3n) is 2.21. The lowest BCUT2D eigenvalue weighted by Crippen LogP contribution is -2.30. The molecule has 0 aliphatic heterocycles. The topological polar surface area (TPSA) is 117 Å². The molecule has 98 valence electrons. The second-order valence-corrected chi connectivity index (χ2v) is 3.63. The number of carbonyl (C=O) groups is 2. The highest BCUT2D eigenvalue weighted by molar-refractivity contribution is 5.96. The highest BCUT2D eigenvalue weighted by Crippen LogP contribution is 2.19. The molecule has 1 aromatic heterocycles. The lowest BCUT2D eigenvalue weighted by atomic mass is 10.2. The van der Waals surface area contributed by atoms with Crippen molar-refractivity contribution in [2.45, 2.75) is 13.3 Å². The van der Waals surface area contributed by atoms with Crippen LogP contribution in [-0.2, 0) is 4.79 Å². The number of amides is 1. The summed E-state index contributed by atoms with van der Waals surface area (Å²) in [7, 11) is 0. The molecule has 5 N–H and O–H groups in total. The van der Waals surface area contributed by atoms with Crippen LogP contribution < -0.4 is 16.4 Å². The Morgan fingerprint density at radius 1 is 1.50 bits per heavy atom. The molecular weight excluding hydrogens is 236 g/mol. The minimum absolute atomic E-state index is 0.000270. The number of nitrogen functional groups attached to an aromatic ring is 1. The number of aromatic carboxylic acids is 1. The van der Waals surface area contributed by atoms with Gasteiger partial charge in [-0.25, -0.2) is 9.78 Å². The third-order valence-corrected chi connectivity index (χ3v) is 2.21.